The Morgan fingerprint density at radius 3 is 2.67 bits per heavy atom. The Hall–Kier alpha value is -2.56. The number of ether oxygens (including phenoxy) is 2. The smallest absolute Gasteiger partial charge is 0.225 e. The Bertz CT molecular complexity index is 894. The molecule has 0 aliphatic carbocycles. The van der Waals surface area contributed by atoms with Crippen LogP contribution in [0.2, 0.25) is 0 Å². The molecule has 0 N–H and O–H groups in total. The van der Waals surface area contributed by atoms with Crippen LogP contribution < -0.4 is 9.47 Å². The van der Waals surface area contributed by atoms with Crippen molar-refractivity contribution in [1.82, 2.24) is 9.88 Å². The number of aryl methyl sites for hydroxylation is 1. The molecule has 1 aliphatic rings. The van der Waals surface area contributed by atoms with E-state index in [1.54, 1.807) is 7.11 Å². The first-order valence-electron chi connectivity index (χ1n) is 10.9. The fourth-order valence-corrected chi connectivity index (χ4v) is 4.19. The number of methoxy groups -OCH3 is 1. The van der Waals surface area contributed by atoms with E-state index in [4.69, 9.17) is 9.47 Å². The van der Waals surface area contributed by atoms with Gasteiger partial charge in [-0.2, -0.15) is 0 Å². The van der Waals surface area contributed by atoms with Gasteiger partial charge in [-0.05, 0) is 61.1 Å². The van der Waals surface area contributed by atoms with Gasteiger partial charge in [-0.25, -0.2) is 0 Å². The average Bonchev–Trinajstić information content (AvgIpc) is 2.75. The molecule has 3 rings (SSSR count). The van der Waals surface area contributed by atoms with E-state index in [0.29, 0.717) is 12.5 Å². The highest BCUT2D eigenvalue weighted by Gasteiger charge is 2.34. The number of amides is 1. The van der Waals surface area contributed by atoms with Crippen LogP contribution >= 0.6 is 0 Å². The van der Waals surface area contributed by atoms with Gasteiger partial charge in [-0.15, -0.1) is 0 Å². The van der Waals surface area contributed by atoms with Crippen molar-refractivity contribution in [2.75, 3.05) is 13.7 Å². The lowest BCUT2D eigenvalue weighted by Gasteiger charge is -2.41. The Morgan fingerprint density at radius 1 is 1.23 bits per heavy atom. The minimum Gasteiger partial charge on any atom is -0.495 e. The molecule has 2 aromatic rings. The fraction of sp³-hybridized carbons (Fsp3) is 0.520. The topological polar surface area (TPSA) is 51.7 Å². The van der Waals surface area contributed by atoms with Crippen LogP contribution in [0.1, 0.15) is 62.7 Å². The molecule has 162 valence electrons. The summed E-state index contributed by atoms with van der Waals surface area (Å²) in [6.45, 7) is 11.6. The molecule has 0 bridgehead atoms. The minimum absolute atomic E-state index is 0.0622. The fourth-order valence-electron chi connectivity index (χ4n) is 4.19. The van der Waals surface area contributed by atoms with Crippen LogP contribution in [-0.4, -0.2) is 29.4 Å². The SMILES string of the molecule is CCC(C)C(=O)N1CCc2cc(OCc3nc(C)ccc3OC)ccc2[C@@H]1C(C)C. The van der Waals surface area contributed by atoms with Crippen molar-refractivity contribution in [3.63, 3.8) is 0 Å². The van der Waals surface area contributed by atoms with Gasteiger partial charge >= 0.3 is 0 Å². The summed E-state index contributed by atoms with van der Waals surface area (Å²) in [5, 5.41) is 0. The van der Waals surface area contributed by atoms with Crippen molar-refractivity contribution in [1.29, 1.82) is 0 Å². The highest BCUT2D eigenvalue weighted by atomic mass is 16.5. The molecule has 1 aromatic heterocycles. The van der Waals surface area contributed by atoms with Gasteiger partial charge in [0.05, 0.1) is 13.2 Å². The van der Waals surface area contributed by atoms with Gasteiger partial charge in [0.1, 0.15) is 23.8 Å². The number of carbonyl (C=O) groups is 1. The largest absolute Gasteiger partial charge is 0.495 e. The van der Waals surface area contributed by atoms with Crippen molar-refractivity contribution in [3.8, 4) is 11.5 Å². The normalized spacial score (nSPS) is 16.9. The summed E-state index contributed by atoms with van der Waals surface area (Å²) in [7, 11) is 1.65. The number of aromatic nitrogens is 1. The van der Waals surface area contributed by atoms with Crippen molar-refractivity contribution >= 4 is 5.91 Å². The number of benzene rings is 1. The van der Waals surface area contributed by atoms with Gasteiger partial charge in [-0.3, -0.25) is 9.78 Å². The number of hydrogen-bond donors (Lipinski definition) is 0. The van der Waals surface area contributed by atoms with Crippen LogP contribution in [0.4, 0.5) is 0 Å². The molecule has 1 aliphatic heterocycles. The predicted molar refractivity (Wildman–Crippen MR) is 119 cm³/mol. The van der Waals surface area contributed by atoms with Crippen LogP contribution in [0.5, 0.6) is 11.5 Å². The monoisotopic (exact) mass is 410 g/mol. The standard InChI is InChI=1S/C25H34N2O3/c1-7-17(4)25(28)27-13-12-19-14-20(9-10-21(19)24(27)16(2)3)30-15-22-23(29-6)11-8-18(5)26-22/h8-11,14,16-17,24H,7,12-13,15H2,1-6H3/t17?,24-/m0/s1. The first-order valence-corrected chi connectivity index (χ1v) is 10.9. The third-order valence-corrected chi connectivity index (χ3v) is 6.01. The highest BCUT2D eigenvalue weighted by Crippen LogP contribution is 2.38. The first-order chi connectivity index (χ1) is 14.3. The lowest BCUT2D eigenvalue weighted by Crippen LogP contribution is -2.44. The quantitative estimate of drug-likeness (QED) is 0.637. The molecule has 5 nitrogen and oxygen atoms in total. The molecule has 0 radical (unpaired) electrons. The first kappa shape index (κ1) is 22.1. The maximum absolute atomic E-state index is 13.0. The van der Waals surface area contributed by atoms with Crippen molar-refractivity contribution < 1.29 is 14.3 Å². The van der Waals surface area contributed by atoms with E-state index in [0.717, 1.165) is 42.3 Å². The molecule has 0 saturated heterocycles. The van der Waals surface area contributed by atoms with Gasteiger partial charge < -0.3 is 14.4 Å². The van der Waals surface area contributed by atoms with Crippen LogP contribution in [-0.2, 0) is 17.8 Å². The Morgan fingerprint density at radius 2 is 2.00 bits per heavy atom. The molecule has 30 heavy (non-hydrogen) atoms. The van der Waals surface area contributed by atoms with Crippen molar-refractivity contribution in [3.05, 3.63) is 52.8 Å². The Labute approximate surface area is 180 Å². The van der Waals surface area contributed by atoms with Crippen LogP contribution in [0, 0.1) is 18.8 Å². The Balaban J connectivity index is 1.81. The van der Waals surface area contributed by atoms with Crippen LogP contribution in [0.3, 0.4) is 0 Å². The molecular formula is C25H34N2O3. The summed E-state index contributed by atoms with van der Waals surface area (Å²) in [6, 6.07) is 10.2. The molecule has 0 spiro atoms. The van der Waals surface area contributed by atoms with Gasteiger partial charge in [0, 0.05) is 18.2 Å². The average molecular weight is 411 g/mol. The van der Waals surface area contributed by atoms with Gasteiger partial charge in [0.25, 0.3) is 0 Å². The van der Waals surface area contributed by atoms with E-state index in [-0.39, 0.29) is 17.9 Å². The summed E-state index contributed by atoms with van der Waals surface area (Å²) in [4.78, 5) is 19.6. The van der Waals surface area contributed by atoms with E-state index in [2.05, 4.69) is 42.8 Å². The Kier molecular flexibility index (Phi) is 7.01. The van der Waals surface area contributed by atoms with Gasteiger partial charge in [0.15, 0.2) is 0 Å². The second kappa shape index (κ2) is 9.50. The molecule has 1 unspecified atom stereocenters. The molecule has 1 amide bonds. The van der Waals surface area contributed by atoms with Gasteiger partial charge in [-0.1, -0.05) is 33.8 Å². The second-order valence-corrected chi connectivity index (χ2v) is 8.53. The molecule has 0 saturated carbocycles. The zero-order valence-electron chi connectivity index (χ0n) is 19.1. The summed E-state index contributed by atoms with van der Waals surface area (Å²) in [5.41, 5.74) is 4.24. The summed E-state index contributed by atoms with van der Waals surface area (Å²) in [6.07, 6.45) is 1.72. The van der Waals surface area contributed by atoms with E-state index in [1.807, 2.05) is 32.0 Å². The third-order valence-electron chi connectivity index (χ3n) is 6.01. The molecule has 1 aromatic carbocycles. The van der Waals surface area contributed by atoms with Crippen molar-refractivity contribution in [2.45, 2.75) is 60.1 Å². The van der Waals surface area contributed by atoms with E-state index < -0.39 is 0 Å². The minimum atomic E-state index is 0.0622. The molecular weight excluding hydrogens is 376 g/mol. The number of carbonyl (C=O) groups excluding carboxylic acids is 1. The maximum atomic E-state index is 13.0. The number of pyridine rings is 1. The molecule has 2 atom stereocenters. The van der Waals surface area contributed by atoms with E-state index in [9.17, 15) is 4.79 Å². The van der Waals surface area contributed by atoms with Crippen LogP contribution in [0.25, 0.3) is 0 Å². The number of fused-ring (bicyclic) bond motifs is 1. The number of rotatable bonds is 7. The maximum Gasteiger partial charge on any atom is 0.225 e. The van der Waals surface area contributed by atoms with Gasteiger partial charge in [0.2, 0.25) is 5.91 Å². The lowest BCUT2D eigenvalue weighted by atomic mass is 9.85. The summed E-state index contributed by atoms with van der Waals surface area (Å²) in [5.74, 6) is 2.23. The number of hydrogen-bond acceptors (Lipinski definition) is 4. The summed E-state index contributed by atoms with van der Waals surface area (Å²) < 4.78 is 11.5. The highest BCUT2D eigenvalue weighted by molar-refractivity contribution is 5.79. The predicted octanol–water partition coefficient (Wildman–Crippen LogP) is 5.11. The second-order valence-electron chi connectivity index (χ2n) is 8.53. The third kappa shape index (κ3) is 4.61. The summed E-state index contributed by atoms with van der Waals surface area (Å²) >= 11 is 0. The molecule has 2 heterocycles. The zero-order valence-corrected chi connectivity index (χ0v) is 19.1. The zero-order chi connectivity index (χ0) is 21.8. The molecule has 0 fully saturated rings. The number of nitrogens with zero attached hydrogens (tertiary/aromatic N) is 2. The van der Waals surface area contributed by atoms with E-state index >= 15 is 0 Å². The van der Waals surface area contributed by atoms with Crippen molar-refractivity contribution in [2.24, 2.45) is 11.8 Å². The lowest BCUT2D eigenvalue weighted by molar-refractivity contribution is -0.139. The van der Waals surface area contributed by atoms with Crippen LogP contribution in [0.15, 0.2) is 30.3 Å². The molecule has 5 heteroatoms. The van der Waals surface area contributed by atoms with E-state index in [1.165, 1.54) is 11.1 Å².